The number of furan rings is 1. The minimum absolute atomic E-state index is 0.0433. The van der Waals surface area contributed by atoms with E-state index in [1.807, 2.05) is 24.3 Å². The number of aryl methyl sites for hydroxylation is 1. The molecule has 0 fully saturated rings. The highest BCUT2D eigenvalue weighted by molar-refractivity contribution is 5.90. The summed E-state index contributed by atoms with van der Waals surface area (Å²) in [4.78, 5) is 23.8. The Morgan fingerprint density at radius 2 is 2.04 bits per heavy atom. The van der Waals surface area contributed by atoms with Crippen molar-refractivity contribution in [2.24, 2.45) is 0 Å². The van der Waals surface area contributed by atoms with Gasteiger partial charge in [-0.15, -0.1) is 5.10 Å². The molecule has 0 atom stereocenters. The molecular weight excluding hydrogens is 310 g/mol. The number of benzene rings is 1. The van der Waals surface area contributed by atoms with Gasteiger partial charge >= 0.3 is 5.76 Å². The van der Waals surface area contributed by atoms with Gasteiger partial charge in [-0.25, -0.2) is 4.79 Å². The van der Waals surface area contributed by atoms with Gasteiger partial charge in [0, 0.05) is 5.69 Å². The Balaban J connectivity index is 1.65. The fourth-order valence-electron chi connectivity index (χ4n) is 2.29. The standard InChI is InChI=1S/C17H17N3O4/c1-2-4-12-6-8-13(9-7-12)18-15(21)11-20-17(22)24-16(19-20)14-5-3-10-23-14/h3,5-10H,2,4,11H2,1H3,(H,18,21). The first kappa shape index (κ1) is 15.8. The number of anilines is 1. The van der Waals surface area contributed by atoms with Gasteiger partial charge in [-0.3, -0.25) is 4.79 Å². The van der Waals surface area contributed by atoms with Crippen LogP contribution in [0, 0.1) is 0 Å². The number of nitrogens with one attached hydrogen (secondary N) is 1. The first-order chi connectivity index (χ1) is 11.7. The second-order valence-corrected chi connectivity index (χ2v) is 5.30. The van der Waals surface area contributed by atoms with Crippen LogP contribution in [0.2, 0.25) is 0 Å². The van der Waals surface area contributed by atoms with Crippen molar-refractivity contribution in [3.05, 3.63) is 58.8 Å². The summed E-state index contributed by atoms with van der Waals surface area (Å²) in [6.07, 6.45) is 3.51. The monoisotopic (exact) mass is 327 g/mol. The molecule has 0 spiro atoms. The lowest BCUT2D eigenvalue weighted by molar-refractivity contribution is -0.117. The molecule has 3 rings (SSSR count). The third-order valence-corrected chi connectivity index (χ3v) is 3.41. The molecule has 1 aromatic carbocycles. The fourth-order valence-corrected chi connectivity index (χ4v) is 2.29. The first-order valence-corrected chi connectivity index (χ1v) is 7.66. The smallest absolute Gasteiger partial charge is 0.437 e. The van der Waals surface area contributed by atoms with E-state index < -0.39 is 5.76 Å². The second-order valence-electron chi connectivity index (χ2n) is 5.30. The maximum Gasteiger partial charge on any atom is 0.437 e. The van der Waals surface area contributed by atoms with E-state index in [0.717, 1.165) is 17.5 Å². The number of rotatable bonds is 6. The Kier molecular flexibility index (Phi) is 4.60. The second kappa shape index (κ2) is 6.99. The number of aromatic nitrogens is 2. The molecule has 3 aromatic rings. The van der Waals surface area contributed by atoms with Crippen molar-refractivity contribution in [3.8, 4) is 11.7 Å². The van der Waals surface area contributed by atoms with E-state index in [-0.39, 0.29) is 18.3 Å². The number of hydrogen-bond acceptors (Lipinski definition) is 5. The SMILES string of the molecule is CCCc1ccc(NC(=O)Cn2nc(-c3ccco3)oc2=O)cc1. The van der Waals surface area contributed by atoms with Crippen molar-refractivity contribution < 1.29 is 13.6 Å². The van der Waals surface area contributed by atoms with Crippen LogP contribution in [0.5, 0.6) is 0 Å². The summed E-state index contributed by atoms with van der Waals surface area (Å²) in [5.41, 5.74) is 1.88. The largest absolute Gasteiger partial charge is 0.459 e. The molecule has 0 aliphatic carbocycles. The van der Waals surface area contributed by atoms with Crippen LogP contribution < -0.4 is 11.1 Å². The lowest BCUT2D eigenvalue weighted by Crippen LogP contribution is -2.25. The number of carbonyl (C=O) groups is 1. The molecule has 2 aromatic heterocycles. The van der Waals surface area contributed by atoms with Crippen molar-refractivity contribution >= 4 is 11.6 Å². The van der Waals surface area contributed by atoms with Gasteiger partial charge in [0.25, 0.3) is 5.89 Å². The highest BCUT2D eigenvalue weighted by Gasteiger charge is 2.14. The summed E-state index contributed by atoms with van der Waals surface area (Å²) in [6, 6.07) is 10.9. The van der Waals surface area contributed by atoms with Crippen molar-refractivity contribution in [2.75, 3.05) is 5.32 Å². The van der Waals surface area contributed by atoms with Crippen LogP contribution in [-0.2, 0) is 17.8 Å². The summed E-state index contributed by atoms with van der Waals surface area (Å²) >= 11 is 0. The number of carbonyl (C=O) groups excluding carboxylic acids is 1. The first-order valence-electron chi connectivity index (χ1n) is 7.66. The third kappa shape index (κ3) is 3.62. The molecule has 0 aliphatic heterocycles. The topological polar surface area (TPSA) is 90.3 Å². The van der Waals surface area contributed by atoms with Crippen LogP contribution in [0.1, 0.15) is 18.9 Å². The zero-order valence-corrected chi connectivity index (χ0v) is 13.2. The van der Waals surface area contributed by atoms with E-state index in [9.17, 15) is 9.59 Å². The fraction of sp³-hybridized carbons (Fsp3) is 0.235. The lowest BCUT2D eigenvalue weighted by atomic mass is 10.1. The van der Waals surface area contributed by atoms with Crippen LogP contribution in [0.15, 0.2) is 56.3 Å². The summed E-state index contributed by atoms with van der Waals surface area (Å²) < 4.78 is 11.0. The van der Waals surface area contributed by atoms with Gasteiger partial charge in [-0.2, -0.15) is 4.68 Å². The molecule has 1 amide bonds. The van der Waals surface area contributed by atoms with Gasteiger partial charge in [-0.05, 0) is 36.2 Å². The van der Waals surface area contributed by atoms with Crippen LogP contribution in [0.4, 0.5) is 5.69 Å². The molecule has 7 nitrogen and oxygen atoms in total. The van der Waals surface area contributed by atoms with E-state index in [4.69, 9.17) is 8.83 Å². The van der Waals surface area contributed by atoms with Gasteiger partial charge in [0.1, 0.15) is 6.54 Å². The quantitative estimate of drug-likeness (QED) is 0.751. The van der Waals surface area contributed by atoms with E-state index in [1.165, 1.54) is 11.8 Å². The normalized spacial score (nSPS) is 10.7. The van der Waals surface area contributed by atoms with Gasteiger partial charge in [0.2, 0.25) is 5.91 Å². The number of amides is 1. The predicted molar refractivity (Wildman–Crippen MR) is 87.5 cm³/mol. The Hall–Kier alpha value is -3.09. The molecule has 7 heteroatoms. The maximum atomic E-state index is 12.1. The van der Waals surface area contributed by atoms with Gasteiger partial charge in [0.05, 0.1) is 6.26 Å². The van der Waals surface area contributed by atoms with Crippen LogP contribution in [0.25, 0.3) is 11.7 Å². The molecular formula is C17H17N3O4. The Morgan fingerprint density at radius 3 is 2.71 bits per heavy atom. The molecule has 0 bridgehead atoms. The summed E-state index contributed by atoms with van der Waals surface area (Å²) in [5, 5.41) is 6.68. The Bertz CT molecular complexity index is 860. The number of hydrogen-bond donors (Lipinski definition) is 1. The highest BCUT2D eigenvalue weighted by atomic mass is 16.4. The molecule has 2 heterocycles. The average Bonchev–Trinajstić information content (AvgIpc) is 3.20. The van der Waals surface area contributed by atoms with Crippen LogP contribution in [0.3, 0.4) is 0 Å². The van der Waals surface area contributed by atoms with Gasteiger partial charge in [0.15, 0.2) is 5.76 Å². The van der Waals surface area contributed by atoms with E-state index >= 15 is 0 Å². The maximum absolute atomic E-state index is 12.1. The minimum atomic E-state index is -0.713. The molecule has 0 aliphatic rings. The molecule has 0 saturated carbocycles. The van der Waals surface area contributed by atoms with Gasteiger partial charge < -0.3 is 14.2 Å². The minimum Gasteiger partial charge on any atom is -0.459 e. The van der Waals surface area contributed by atoms with Crippen LogP contribution >= 0.6 is 0 Å². The van der Waals surface area contributed by atoms with Crippen molar-refractivity contribution in [2.45, 2.75) is 26.3 Å². The van der Waals surface area contributed by atoms with Crippen LogP contribution in [-0.4, -0.2) is 15.7 Å². The predicted octanol–water partition coefficient (Wildman–Crippen LogP) is 2.69. The van der Waals surface area contributed by atoms with E-state index in [0.29, 0.717) is 11.4 Å². The Morgan fingerprint density at radius 1 is 1.25 bits per heavy atom. The summed E-state index contributed by atoms with van der Waals surface area (Å²) in [5.74, 6) is -0.700. The number of nitrogens with zero attached hydrogens (tertiary/aromatic N) is 2. The summed E-state index contributed by atoms with van der Waals surface area (Å²) in [7, 11) is 0. The van der Waals surface area contributed by atoms with E-state index in [2.05, 4.69) is 17.3 Å². The highest BCUT2D eigenvalue weighted by Crippen LogP contribution is 2.15. The molecule has 1 N–H and O–H groups in total. The zero-order valence-electron chi connectivity index (χ0n) is 13.2. The Labute approximate surface area is 137 Å². The molecule has 124 valence electrons. The van der Waals surface area contributed by atoms with E-state index in [1.54, 1.807) is 12.1 Å². The van der Waals surface area contributed by atoms with Crippen molar-refractivity contribution in [1.29, 1.82) is 0 Å². The molecule has 24 heavy (non-hydrogen) atoms. The molecule has 0 radical (unpaired) electrons. The molecule has 0 unspecified atom stereocenters. The van der Waals surface area contributed by atoms with Gasteiger partial charge in [-0.1, -0.05) is 25.5 Å². The van der Waals surface area contributed by atoms with Crippen molar-refractivity contribution in [1.82, 2.24) is 9.78 Å². The summed E-state index contributed by atoms with van der Waals surface area (Å²) in [6.45, 7) is 1.88. The zero-order chi connectivity index (χ0) is 16.9. The average molecular weight is 327 g/mol. The third-order valence-electron chi connectivity index (χ3n) is 3.41. The lowest BCUT2D eigenvalue weighted by Gasteiger charge is -2.05. The molecule has 0 saturated heterocycles. The van der Waals surface area contributed by atoms with Crippen molar-refractivity contribution in [3.63, 3.8) is 0 Å².